The van der Waals surface area contributed by atoms with Gasteiger partial charge in [0.05, 0.1) is 12.3 Å². The van der Waals surface area contributed by atoms with E-state index in [0.29, 0.717) is 5.69 Å². The van der Waals surface area contributed by atoms with Crippen LogP contribution < -0.4 is 5.43 Å². The van der Waals surface area contributed by atoms with Gasteiger partial charge in [-0.3, -0.25) is 14.9 Å². The topological polar surface area (TPSA) is 114 Å². The Morgan fingerprint density at radius 1 is 1.07 bits per heavy atom. The lowest BCUT2D eigenvalue weighted by molar-refractivity contribution is -0.402. The van der Waals surface area contributed by atoms with Crippen molar-refractivity contribution in [2.24, 2.45) is 5.10 Å². The van der Waals surface area contributed by atoms with Gasteiger partial charge in [-0.15, -0.1) is 0 Å². The molecule has 8 nitrogen and oxygen atoms in total. The second-order valence-corrected chi connectivity index (χ2v) is 5.92. The number of H-pyrrole nitrogens is 1. The summed E-state index contributed by atoms with van der Waals surface area (Å²) in [4.78, 5) is 25.8. The summed E-state index contributed by atoms with van der Waals surface area (Å²) in [6.07, 6.45) is 1.20. The molecule has 0 saturated carbocycles. The number of hydrazone groups is 1. The molecular weight excluding hydrogens is 360 g/mol. The zero-order valence-electron chi connectivity index (χ0n) is 14.5. The SMILES string of the molecule is O=C(N/N=C/c1ccc([N+](=O)[O-])o1)c1[nH]c2ccccc2c1-c1ccccc1. The van der Waals surface area contributed by atoms with E-state index in [9.17, 15) is 14.9 Å². The Hall–Kier alpha value is -4.20. The van der Waals surface area contributed by atoms with Crippen LogP contribution in [0.4, 0.5) is 5.88 Å². The summed E-state index contributed by atoms with van der Waals surface area (Å²) in [5, 5.41) is 15.4. The summed E-state index contributed by atoms with van der Waals surface area (Å²) in [7, 11) is 0. The zero-order valence-corrected chi connectivity index (χ0v) is 14.5. The van der Waals surface area contributed by atoms with Crippen molar-refractivity contribution >= 4 is 28.9 Å². The summed E-state index contributed by atoms with van der Waals surface area (Å²) in [6.45, 7) is 0. The molecule has 0 atom stereocenters. The number of aromatic nitrogens is 1. The molecule has 4 rings (SSSR count). The molecule has 0 spiro atoms. The first kappa shape index (κ1) is 17.2. The first-order valence-corrected chi connectivity index (χ1v) is 8.37. The molecule has 2 heterocycles. The number of furan rings is 1. The van der Waals surface area contributed by atoms with Crippen LogP contribution in [0.5, 0.6) is 0 Å². The third-order valence-electron chi connectivity index (χ3n) is 4.15. The van der Waals surface area contributed by atoms with Gasteiger partial charge in [-0.2, -0.15) is 5.10 Å². The number of nitro groups is 1. The van der Waals surface area contributed by atoms with Crippen LogP contribution in [0.15, 0.2) is 76.2 Å². The number of rotatable bonds is 5. The Kier molecular flexibility index (Phi) is 4.43. The van der Waals surface area contributed by atoms with E-state index < -0.39 is 16.7 Å². The molecule has 0 aliphatic rings. The molecule has 0 radical (unpaired) electrons. The van der Waals surface area contributed by atoms with Crippen molar-refractivity contribution in [3.8, 4) is 11.1 Å². The molecule has 0 aliphatic carbocycles. The van der Waals surface area contributed by atoms with E-state index in [1.165, 1.54) is 18.3 Å². The second-order valence-electron chi connectivity index (χ2n) is 5.92. The molecule has 1 amide bonds. The maximum atomic E-state index is 12.7. The van der Waals surface area contributed by atoms with Crippen LogP contribution in [0.25, 0.3) is 22.0 Å². The summed E-state index contributed by atoms with van der Waals surface area (Å²) in [5.74, 6) is -0.672. The van der Waals surface area contributed by atoms with Crippen LogP contribution >= 0.6 is 0 Å². The van der Waals surface area contributed by atoms with Crippen molar-refractivity contribution in [3.05, 3.63) is 88.3 Å². The lowest BCUT2D eigenvalue weighted by atomic mass is 10.0. The summed E-state index contributed by atoms with van der Waals surface area (Å²) in [5.41, 5.74) is 5.30. The van der Waals surface area contributed by atoms with Gasteiger partial charge in [0.2, 0.25) is 0 Å². The smallest absolute Gasteiger partial charge is 0.400 e. The van der Waals surface area contributed by atoms with E-state index >= 15 is 0 Å². The Morgan fingerprint density at radius 3 is 2.57 bits per heavy atom. The molecule has 4 aromatic rings. The van der Waals surface area contributed by atoms with Crippen LogP contribution in [-0.2, 0) is 0 Å². The quantitative estimate of drug-likeness (QED) is 0.311. The lowest BCUT2D eigenvalue weighted by Crippen LogP contribution is -2.18. The Labute approximate surface area is 158 Å². The molecule has 0 aliphatic heterocycles. The predicted octanol–water partition coefficient (Wildman–Crippen LogP) is 4.10. The van der Waals surface area contributed by atoms with Crippen molar-refractivity contribution in [1.82, 2.24) is 10.4 Å². The Morgan fingerprint density at radius 2 is 1.82 bits per heavy atom. The van der Waals surface area contributed by atoms with E-state index in [-0.39, 0.29) is 5.76 Å². The van der Waals surface area contributed by atoms with Crippen LogP contribution in [0.1, 0.15) is 16.2 Å². The highest BCUT2D eigenvalue weighted by Crippen LogP contribution is 2.32. The van der Waals surface area contributed by atoms with E-state index in [1.54, 1.807) is 0 Å². The molecule has 0 fully saturated rings. The average Bonchev–Trinajstić information content (AvgIpc) is 3.33. The van der Waals surface area contributed by atoms with E-state index in [0.717, 1.165) is 22.0 Å². The minimum absolute atomic E-state index is 0.159. The van der Waals surface area contributed by atoms with Gasteiger partial charge in [0.1, 0.15) is 10.6 Å². The standard InChI is InChI=1S/C20H14N4O4/c25-20(23-21-12-14-10-11-17(28-14)24(26)27)19-18(13-6-2-1-3-7-13)15-8-4-5-9-16(15)22-19/h1-12,22H,(H,23,25)/b21-12+. The summed E-state index contributed by atoms with van der Waals surface area (Å²) >= 11 is 0. The van der Waals surface area contributed by atoms with Gasteiger partial charge in [-0.1, -0.05) is 48.5 Å². The van der Waals surface area contributed by atoms with Crippen molar-refractivity contribution in [2.45, 2.75) is 0 Å². The highest BCUT2D eigenvalue weighted by atomic mass is 16.6. The number of benzene rings is 2. The molecule has 2 N–H and O–H groups in total. The highest BCUT2D eigenvalue weighted by molar-refractivity contribution is 6.09. The predicted molar refractivity (Wildman–Crippen MR) is 104 cm³/mol. The normalized spacial score (nSPS) is 11.1. The minimum atomic E-state index is -0.646. The Balaban J connectivity index is 1.64. The third-order valence-corrected chi connectivity index (χ3v) is 4.15. The van der Waals surface area contributed by atoms with Gasteiger partial charge in [0.25, 0.3) is 5.91 Å². The van der Waals surface area contributed by atoms with Crippen molar-refractivity contribution in [2.75, 3.05) is 0 Å². The van der Waals surface area contributed by atoms with E-state index in [2.05, 4.69) is 15.5 Å². The molecule has 0 unspecified atom stereocenters. The van der Waals surface area contributed by atoms with Gasteiger partial charge in [0, 0.05) is 16.5 Å². The Bertz CT molecular complexity index is 1190. The fourth-order valence-corrected chi connectivity index (χ4v) is 2.94. The van der Waals surface area contributed by atoms with E-state index in [1.807, 2.05) is 54.6 Å². The van der Waals surface area contributed by atoms with Gasteiger partial charge >= 0.3 is 5.88 Å². The highest BCUT2D eigenvalue weighted by Gasteiger charge is 2.18. The third kappa shape index (κ3) is 3.26. The zero-order chi connectivity index (χ0) is 19.5. The van der Waals surface area contributed by atoms with Crippen molar-refractivity contribution in [1.29, 1.82) is 0 Å². The molecular formula is C20H14N4O4. The molecule has 0 bridgehead atoms. The number of hydrogen-bond donors (Lipinski definition) is 2. The number of fused-ring (bicyclic) bond motifs is 1. The van der Waals surface area contributed by atoms with Crippen molar-refractivity contribution < 1.29 is 14.1 Å². The molecule has 8 heteroatoms. The molecule has 0 saturated heterocycles. The molecule has 28 heavy (non-hydrogen) atoms. The summed E-state index contributed by atoms with van der Waals surface area (Å²) < 4.78 is 4.97. The number of amides is 1. The molecule has 138 valence electrons. The first-order chi connectivity index (χ1) is 13.6. The average molecular weight is 374 g/mol. The fraction of sp³-hybridized carbons (Fsp3) is 0. The number of carbonyl (C=O) groups is 1. The number of aromatic amines is 1. The maximum Gasteiger partial charge on any atom is 0.433 e. The van der Waals surface area contributed by atoms with Gasteiger partial charge < -0.3 is 9.40 Å². The maximum absolute atomic E-state index is 12.7. The van der Waals surface area contributed by atoms with Crippen LogP contribution in [-0.4, -0.2) is 22.0 Å². The van der Waals surface area contributed by atoms with Crippen molar-refractivity contribution in [3.63, 3.8) is 0 Å². The van der Waals surface area contributed by atoms with Gasteiger partial charge in [-0.05, 0) is 17.7 Å². The molecule has 2 aromatic carbocycles. The number of para-hydroxylation sites is 1. The second kappa shape index (κ2) is 7.20. The number of nitrogens with zero attached hydrogens (tertiary/aromatic N) is 2. The largest absolute Gasteiger partial charge is 0.433 e. The van der Waals surface area contributed by atoms with Crippen LogP contribution in [0.3, 0.4) is 0 Å². The fourth-order valence-electron chi connectivity index (χ4n) is 2.94. The number of carbonyl (C=O) groups excluding carboxylic acids is 1. The lowest BCUT2D eigenvalue weighted by Gasteiger charge is -2.04. The van der Waals surface area contributed by atoms with Crippen LogP contribution in [0, 0.1) is 10.1 Å². The monoisotopic (exact) mass is 374 g/mol. The van der Waals surface area contributed by atoms with Crippen LogP contribution in [0.2, 0.25) is 0 Å². The minimum Gasteiger partial charge on any atom is -0.400 e. The van der Waals surface area contributed by atoms with Gasteiger partial charge in [0.15, 0.2) is 5.76 Å². The van der Waals surface area contributed by atoms with Gasteiger partial charge in [-0.25, -0.2) is 5.43 Å². The first-order valence-electron chi connectivity index (χ1n) is 8.37. The summed E-state index contributed by atoms with van der Waals surface area (Å²) in [6, 6.07) is 19.8. The number of hydrogen-bond acceptors (Lipinski definition) is 5. The number of nitrogens with one attached hydrogen (secondary N) is 2. The molecule has 2 aromatic heterocycles. The van der Waals surface area contributed by atoms with E-state index in [4.69, 9.17) is 4.42 Å².